The molecule has 1 aliphatic heterocycles. The third-order valence-corrected chi connectivity index (χ3v) is 3.74. The molecule has 0 spiro atoms. The van der Waals surface area contributed by atoms with Crippen LogP contribution in [0.3, 0.4) is 0 Å². The van der Waals surface area contributed by atoms with Crippen LogP contribution in [0.2, 0.25) is 0 Å². The Kier molecular flexibility index (Phi) is 5.15. The SMILES string of the molecule is CC(C)CNC(=O)CN1C[C@@H](N)[C@H](c2ccccc2)C1. The van der Waals surface area contributed by atoms with Crippen LogP contribution in [-0.4, -0.2) is 43.0 Å². The van der Waals surface area contributed by atoms with E-state index in [0.29, 0.717) is 18.4 Å². The predicted molar refractivity (Wildman–Crippen MR) is 81.4 cm³/mol. The van der Waals surface area contributed by atoms with Crippen molar-refractivity contribution >= 4 is 5.91 Å². The number of hydrogen-bond acceptors (Lipinski definition) is 3. The molecule has 1 aromatic carbocycles. The van der Waals surface area contributed by atoms with Crippen molar-refractivity contribution in [3.05, 3.63) is 35.9 Å². The van der Waals surface area contributed by atoms with Crippen molar-refractivity contribution in [1.82, 2.24) is 10.2 Å². The van der Waals surface area contributed by atoms with Crippen LogP contribution in [0.5, 0.6) is 0 Å². The lowest BCUT2D eigenvalue weighted by Crippen LogP contribution is -2.38. The number of carbonyl (C=O) groups is 1. The van der Waals surface area contributed by atoms with Gasteiger partial charge in [0.05, 0.1) is 6.54 Å². The largest absolute Gasteiger partial charge is 0.355 e. The molecular weight excluding hydrogens is 250 g/mol. The molecule has 4 nitrogen and oxygen atoms in total. The van der Waals surface area contributed by atoms with Gasteiger partial charge in [0.25, 0.3) is 0 Å². The molecule has 0 aromatic heterocycles. The Morgan fingerprint density at radius 2 is 2.05 bits per heavy atom. The van der Waals surface area contributed by atoms with Crippen LogP contribution in [0, 0.1) is 5.92 Å². The van der Waals surface area contributed by atoms with E-state index in [1.807, 2.05) is 18.2 Å². The number of carbonyl (C=O) groups excluding carboxylic acids is 1. The molecule has 0 saturated carbocycles. The molecule has 4 heteroatoms. The molecule has 0 unspecified atom stereocenters. The standard InChI is InChI=1S/C16H25N3O/c1-12(2)8-18-16(20)11-19-9-14(15(17)10-19)13-6-4-3-5-7-13/h3-7,12,14-15H,8-11,17H2,1-2H3,(H,18,20)/t14-,15+/m0/s1. The molecule has 0 radical (unpaired) electrons. The summed E-state index contributed by atoms with van der Waals surface area (Å²) in [6.45, 7) is 7.02. The first-order valence-corrected chi connectivity index (χ1v) is 7.36. The Labute approximate surface area is 121 Å². The van der Waals surface area contributed by atoms with Crippen LogP contribution in [0.1, 0.15) is 25.3 Å². The van der Waals surface area contributed by atoms with Gasteiger partial charge in [0.15, 0.2) is 0 Å². The Morgan fingerprint density at radius 1 is 1.35 bits per heavy atom. The third-order valence-electron chi connectivity index (χ3n) is 3.74. The van der Waals surface area contributed by atoms with Gasteiger partial charge in [0.2, 0.25) is 5.91 Å². The van der Waals surface area contributed by atoms with Crippen LogP contribution in [0.15, 0.2) is 30.3 Å². The first-order valence-electron chi connectivity index (χ1n) is 7.36. The van der Waals surface area contributed by atoms with Gasteiger partial charge in [-0.05, 0) is 11.5 Å². The summed E-state index contributed by atoms with van der Waals surface area (Å²) in [5.41, 5.74) is 7.49. The first kappa shape index (κ1) is 15.0. The van der Waals surface area contributed by atoms with Gasteiger partial charge >= 0.3 is 0 Å². The number of nitrogens with zero attached hydrogens (tertiary/aromatic N) is 1. The zero-order chi connectivity index (χ0) is 14.5. The number of hydrogen-bond donors (Lipinski definition) is 2. The Balaban J connectivity index is 1.86. The maximum absolute atomic E-state index is 11.9. The summed E-state index contributed by atoms with van der Waals surface area (Å²) in [4.78, 5) is 14.0. The number of likely N-dealkylation sites (tertiary alicyclic amines) is 1. The maximum Gasteiger partial charge on any atom is 0.234 e. The van der Waals surface area contributed by atoms with E-state index < -0.39 is 0 Å². The summed E-state index contributed by atoms with van der Waals surface area (Å²) < 4.78 is 0. The monoisotopic (exact) mass is 275 g/mol. The van der Waals surface area contributed by atoms with E-state index in [4.69, 9.17) is 5.73 Å². The van der Waals surface area contributed by atoms with Crippen LogP contribution < -0.4 is 11.1 Å². The van der Waals surface area contributed by atoms with Gasteiger partial charge < -0.3 is 11.1 Å². The number of nitrogens with one attached hydrogen (secondary N) is 1. The van der Waals surface area contributed by atoms with E-state index in [9.17, 15) is 4.79 Å². The lowest BCUT2D eigenvalue weighted by Gasteiger charge is -2.16. The highest BCUT2D eigenvalue weighted by Crippen LogP contribution is 2.25. The zero-order valence-corrected chi connectivity index (χ0v) is 12.4. The number of nitrogens with two attached hydrogens (primary N) is 1. The molecule has 1 amide bonds. The van der Waals surface area contributed by atoms with Crippen molar-refractivity contribution < 1.29 is 4.79 Å². The van der Waals surface area contributed by atoms with E-state index in [-0.39, 0.29) is 11.9 Å². The van der Waals surface area contributed by atoms with E-state index in [1.54, 1.807) is 0 Å². The summed E-state index contributed by atoms with van der Waals surface area (Å²) in [5, 5.41) is 2.96. The lowest BCUT2D eigenvalue weighted by molar-refractivity contribution is -0.122. The van der Waals surface area contributed by atoms with Crippen molar-refractivity contribution in [2.75, 3.05) is 26.2 Å². The molecule has 110 valence electrons. The van der Waals surface area contributed by atoms with Gasteiger partial charge in [-0.2, -0.15) is 0 Å². The Bertz CT molecular complexity index is 433. The van der Waals surface area contributed by atoms with Crippen molar-refractivity contribution in [3.8, 4) is 0 Å². The van der Waals surface area contributed by atoms with Gasteiger partial charge in [-0.3, -0.25) is 9.69 Å². The van der Waals surface area contributed by atoms with E-state index in [0.717, 1.165) is 19.6 Å². The maximum atomic E-state index is 11.9. The fraction of sp³-hybridized carbons (Fsp3) is 0.562. The summed E-state index contributed by atoms with van der Waals surface area (Å²) in [5.74, 6) is 0.908. The molecule has 0 aliphatic carbocycles. The normalized spacial score (nSPS) is 23.2. The first-order chi connectivity index (χ1) is 9.56. The zero-order valence-electron chi connectivity index (χ0n) is 12.4. The Hall–Kier alpha value is -1.39. The summed E-state index contributed by atoms with van der Waals surface area (Å²) in [6.07, 6.45) is 0. The second kappa shape index (κ2) is 6.86. The third kappa shape index (κ3) is 4.05. The van der Waals surface area contributed by atoms with E-state index in [2.05, 4.69) is 36.2 Å². The average molecular weight is 275 g/mol. The van der Waals surface area contributed by atoms with Crippen LogP contribution in [0.25, 0.3) is 0 Å². The second-order valence-corrected chi connectivity index (χ2v) is 6.07. The second-order valence-electron chi connectivity index (χ2n) is 6.07. The molecule has 1 fully saturated rings. The molecule has 1 saturated heterocycles. The van der Waals surface area contributed by atoms with Crippen LogP contribution in [0.4, 0.5) is 0 Å². The minimum absolute atomic E-state index is 0.0969. The van der Waals surface area contributed by atoms with Gasteiger partial charge in [0.1, 0.15) is 0 Å². The molecule has 3 N–H and O–H groups in total. The van der Waals surface area contributed by atoms with Crippen molar-refractivity contribution in [3.63, 3.8) is 0 Å². The van der Waals surface area contributed by atoms with Gasteiger partial charge in [0, 0.05) is 31.6 Å². The summed E-state index contributed by atoms with van der Waals surface area (Å²) in [6, 6.07) is 10.4. The van der Waals surface area contributed by atoms with Gasteiger partial charge in [-0.25, -0.2) is 0 Å². The molecular formula is C16H25N3O. The minimum Gasteiger partial charge on any atom is -0.355 e. The lowest BCUT2D eigenvalue weighted by atomic mass is 9.95. The molecule has 2 rings (SSSR count). The van der Waals surface area contributed by atoms with Gasteiger partial charge in [-0.1, -0.05) is 44.2 Å². The predicted octanol–water partition coefficient (Wildman–Crippen LogP) is 1.19. The van der Waals surface area contributed by atoms with Crippen molar-refractivity contribution in [1.29, 1.82) is 0 Å². The van der Waals surface area contributed by atoms with E-state index >= 15 is 0 Å². The molecule has 0 bridgehead atoms. The molecule has 1 aromatic rings. The summed E-state index contributed by atoms with van der Waals surface area (Å²) >= 11 is 0. The Morgan fingerprint density at radius 3 is 2.70 bits per heavy atom. The fourth-order valence-electron chi connectivity index (χ4n) is 2.67. The smallest absolute Gasteiger partial charge is 0.234 e. The molecule has 20 heavy (non-hydrogen) atoms. The van der Waals surface area contributed by atoms with Crippen molar-refractivity contribution in [2.24, 2.45) is 11.7 Å². The highest BCUT2D eigenvalue weighted by molar-refractivity contribution is 5.78. The summed E-state index contributed by atoms with van der Waals surface area (Å²) in [7, 11) is 0. The topological polar surface area (TPSA) is 58.4 Å². The average Bonchev–Trinajstić information content (AvgIpc) is 2.78. The van der Waals surface area contributed by atoms with Crippen molar-refractivity contribution in [2.45, 2.75) is 25.8 Å². The highest BCUT2D eigenvalue weighted by atomic mass is 16.2. The fourth-order valence-corrected chi connectivity index (χ4v) is 2.67. The molecule has 2 atom stereocenters. The minimum atomic E-state index is 0.0969. The quantitative estimate of drug-likeness (QED) is 0.848. The van der Waals surface area contributed by atoms with E-state index in [1.165, 1.54) is 5.56 Å². The molecule has 1 heterocycles. The van der Waals surface area contributed by atoms with Crippen LogP contribution in [-0.2, 0) is 4.79 Å². The highest BCUT2D eigenvalue weighted by Gasteiger charge is 2.31. The van der Waals surface area contributed by atoms with Crippen LogP contribution >= 0.6 is 0 Å². The number of rotatable bonds is 5. The number of benzene rings is 1. The molecule has 1 aliphatic rings. The number of amides is 1. The van der Waals surface area contributed by atoms with Gasteiger partial charge in [-0.15, -0.1) is 0 Å².